The number of aromatic nitrogens is 6. The van der Waals surface area contributed by atoms with Crippen LogP contribution in [0.5, 0.6) is 0 Å². The van der Waals surface area contributed by atoms with Crippen molar-refractivity contribution in [1.29, 1.82) is 0 Å². The summed E-state index contributed by atoms with van der Waals surface area (Å²) < 4.78 is 15.8. The molecule has 4 aromatic heterocycles. The van der Waals surface area contributed by atoms with Crippen LogP contribution in [0.4, 0.5) is 4.79 Å². The van der Waals surface area contributed by atoms with Crippen LogP contribution in [0, 0.1) is 0 Å². The number of hydrogen-bond donors (Lipinski definition) is 2. The fraction of sp³-hybridized carbons (Fsp3) is 0.378. The predicted octanol–water partition coefficient (Wildman–Crippen LogP) is 5.40. The predicted molar refractivity (Wildman–Crippen MR) is 190 cm³/mol. The van der Waals surface area contributed by atoms with E-state index in [0.717, 1.165) is 62.5 Å². The number of morpholine rings is 1. The van der Waals surface area contributed by atoms with Gasteiger partial charge in [-0.2, -0.15) is 5.10 Å². The number of aryl methyl sites for hydroxylation is 1. The lowest BCUT2D eigenvalue weighted by molar-refractivity contribution is 0.0303. The molecule has 50 heavy (non-hydrogen) atoms. The van der Waals surface area contributed by atoms with Gasteiger partial charge in [-0.3, -0.25) is 18.6 Å². The third-order valence-corrected chi connectivity index (χ3v) is 10.2. The van der Waals surface area contributed by atoms with Gasteiger partial charge in [0.15, 0.2) is 0 Å². The van der Waals surface area contributed by atoms with E-state index in [0.29, 0.717) is 43.9 Å². The van der Waals surface area contributed by atoms with Gasteiger partial charge in [-0.25, -0.2) is 14.6 Å². The first-order chi connectivity index (χ1) is 24.2. The number of rotatable bonds is 6. The van der Waals surface area contributed by atoms with Crippen molar-refractivity contribution in [3.8, 4) is 22.4 Å². The molecule has 1 saturated carbocycles. The number of hydrogen-bond acceptors (Lipinski definition) is 7. The van der Waals surface area contributed by atoms with Crippen molar-refractivity contribution in [2.45, 2.75) is 51.2 Å². The van der Waals surface area contributed by atoms with Crippen LogP contribution in [0.25, 0.3) is 55.4 Å². The SMILES string of the molecule is COC(=O)N[C@@H]1CC[C@@H](n2c(=O)n(C)c3cnc4[nH]c(-c5ccc(C(=O)N6CCOCC6)cc5)c(-c5ccc6c(cnn6C(C)C)c5)c4c32)C1. The summed E-state index contributed by atoms with van der Waals surface area (Å²) in [5, 5.41) is 9.41. The summed E-state index contributed by atoms with van der Waals surface area (Å²) in [4.78, 5) is 49.6. The quantitative estimate of drug-likeness (QED) is 0.241. The molecule has 1 aliphatic carbocycles. The monoisotopic (exact) mass is 676 g/mol. The minimum Gasteiger partial charge on any atom is -0.453 e. The topological polar surface area (TPSA) is 141 Å². The number of imidazole rings is 1. The molecule has 2 N–H and O–H groups in total. The van der Waals surface area contributed by atoms with Gasteiger partial charge in [0.1, 0.15) is 5.65 Å². The molecule has 8 rings (SSSR count). The molecule has 5 heterocycles. The lowest BCUT2D eigenvalue weighted by Gasteiger charge is -2.26. The Labute approximate surface area is 287 Å². The normalized spacial score (nSPS) is 18.1. The van der Waals surface area contributed by atoms with E-state index in [9.17, 15) is 14.4 Å². The molecule has 2 aliphatic rings. The molecule has 6 aromatic rings. The van der Waals surface area contributed by atoms with Gasteiger partial charge < -0.3 is 24.7 Å². The molecular weight excluding hydrogens is 636 g/mol. The van der Waals surface area contributed by atoms with Crippen molar-refractivity contribution in [2.24, 2.45) is 7.05 Å². The van der Waals surface area contributed by atoms with Gasteiger partial charge in [0.2, 0.25) is 0 Å². The van der Waals surface area contributed by atoms with Crippen molar-refractivity contribution < 1.29 is 19.1 Å². The number of fused-ring (bicyclic) bond motifs is 4. The molecule has 13 nitrogen and oxygen atoms in total. The fourth-order valence-corrected chi connectivity index (χ4v) is 7.72. The van der Waals surface area contributed by atoms with E-state index >= 15 is 0 Å². The van der Waals surface area contributed by atoms with Crippen LogP contribution in [-0.4, -0.2) is 85.2 Å². The Morgan fingerprint density at radius 2 is 1.78 bits per heavy atom. The van der Waals surface area contributed by atoms with Gasteiger partial charge >= 0.3 is 11.8 Å². The van der Waals surface area contributed by atoms with Gasteiger partial charge in [0.05, 0.1) is 60.3 Å². The zero-order valence-electron chi connectivity index (χ0n) is 28.6. The average Bonchev–Trinajstić information content (AvgIpc) is 3.92. The highest BCUT2D eigenvalue weighted by atomic mass is 16.5. The molecule has 1 aliphatic heterocycles. The molecule has 258 valence electrons. The van der Waals surface area contributed by atoms with E-state index in [4.69, 9.17) is 14.5 Å². The number of nitrogens with zero attached hydrogens (tertiary/aromatic N) is 6. The minimum absolute atomic E-state index is 0.0161. The van der Waals surface area contributed by atoms with E-state index < -0.39 is 6.09 Å². The van der Waals surface area contributed by atoms with Gasteiger partial charge in [0.25, 0.3) is 5.91 Å². The highest BCUT2D eigenvalue weighted by molar-refractivity contribution is 6.15. The number of ether oxygens (including phenoxy) is 2. The number of pyridine rings is 1. The third-order valence-electron chi connectivity index (χ3n) is 10.2. The smallest absolute Gasteiger partial charge is 0.407 e. The Morgan fingerprint density at radius 1 is 1.02 bits per heavy atom. The number of carbonyl (C=O) groups is 2. The summed E-state index contributed by atoms with van der Waals surface area (Å²) in [6.07, 6.45) is 5.22. The molecule has 13 heteroatoms. The van der Waals surface area contributed by atoms with Crippen molar-refractivity contribution in [2.75, 3.05) is 33.4 Å². The summed E-state index contributed by atoms with van der Waals surface area (Å²) in [5.74, 6) is -0.0161. The van der Waals surface area contributed by atoms with Crippen molar-refractivity contribution >= 4 is 45.0 Å². The number of H-pyrrole nitrogens is 1. The van der Waals surface area contributed by atoms with Crippen LogP contribution in [0.3, 0.4) is 0 Å². The number of amides is 2. The molecule has 0 unspecified atom stereocenters. The Hall–Kier alpha value is -5.43. The Balaban J connectivity index is 1.32. The van der Waals surface area contributed by atoms with Gasteiger partial charge in [-0.05, 0) is 68.5 Å². The summed E-state index contributed by atoms with van der Waals surface area (Å²) in [6.45, 7) is 6.44. The molecule has 0 radical (unpaired) electrons. The maximum absolute atomic E-state index is 14.0. The Morgan fingerprint density at radius 3 is 2.52 bits per heavy atom. The lowest BCUT2D eigenvalue weighted by atomic mass is 9.96. The zero-order chi connectivity index (χ0) is 34.7. The highest BCUT2D eigenvalue weighted by Gasteiger charge is 2.32. The second-order valence-corrected chi connectivity index (χ2v) is 13.5. The first kappa shape index (κ1) is 31.8. The van der Waals surface area contributed by atoms with E-state index in [1.807, 2.05) is 44.6 Å². The largest absolute Gasteiger partial charge is 0.453 e. The fourth-order valence-electron chi connectivity index (χ4n) is 7.72. The van der Waals surface area contributed by atoms with Crippen LogP contribution in [0.2, 0.25) is 0 Å². The van der Waals surface area contributed by atoms with Crippen LogP contribution < -0.4 is 11.0 Å². The van der Waals surface area contributed by atoms with Crippen LogP contribution in [0.1, 0.15) is 55.6 Å². The Kier molecular flexibility index (Phi) is 7.94. The molecule has 2 atom stereocenters. The van der Waals surface area contributed by atoms with E-state index in [1.165, 1.54) is 7.11 Å². The summed E-state index contributed by atoms with van der Waals surface area (Å²) in [7, 11) is 3.13. The average molecular weight is 677 g/mol. The second kappa shape index (κ2) is 12.5. The van der Waals surface area contributed by atoms with E-state index in [-0.39, 0.29) is 29.7 Å². The number of carbonyl (C=O) groups excluding carboxylic acids is 2. The van der Waals surface area contributed by atoms with Crippen molar-refractivity contribution in [1.82, 2.24) is 39.1 Å². The molecule has 0 spiro atoms. The Bertz CT molecular complexity index is 2320. The standard InChI is InChI=1S/C37H40N8O5/c1-21(2)45-28-12-9-24(17-25(28)19-39-45)30-31-33-29(42(3)37(48)44(33)27-11-10-26(18-27)40-36(47)49-4)20-38-34(31)41-32(30)22-5-7-23(8-6-22)35(46)43-13-15-50-16-14-43/h5-9,12,17,19-21,26-27H,10-11,13-16,18H2,1-4H3,(H,38,41)(H,40,47)/t26-,27-/m1/s1. The zero-order valence-corrected chi connectivity index (χ0v) is 28.6. The maximum atomic E-state index is 14.0. The summed E-state index contributed by atoms with van der Waals surface area (Å²) >= 11 is 0. The number of nitrogens with one attached hydrogen (secondary N) is 2. The number of alkyl carbamates (subject to hydrolysis) is 1. The minimum atomic E-state index is -0.473. The highest BCUT2D eigenvalue weighted by Crippen LogP contribution is 2.43. The number of benzene rings is 2. The first-order valence-corrected chi connectivity index (χ1v) is 17.1. The van der Waals surface area contributed by atoms with Gasteiger partial charge in [-0.1, -0.05) is 18.2 Å². The van der Waals surface area contributed by atoms with Crippen molar-refractivity contribution in [3.63, 3.8) is 0 Å². The molecule has 2 fully saturated rings. The molecular formula is C37H40N8O5. The molecule has 2 amide bonds. The van der Waals surface area contributed by atoms with Crippen LogP contribution in [-0.2, 0) is 16.5 Å². The summed E-state index contributed by atoms with van der Waals surface area (Å²) in [6, 6.07) is 14.0. The summed E-state index contributed by atoms with van der Waals surface area (Å²) in [5.41, 5.74) is 7.25. The first-order valence-electron chi connectivity index (χ1n) is 17.1. The van der Waals surface area contributed by atoms with E-state index in [1.54, 1.807) is 17.8 Å². The molecule has 1 saturated heterocycles. The second-order valence-electron chi connectivity index (χ2n) is 13.5. The molecule has 2 aromatic carbocycles. The number of aromatic amines is 1. The van der Waals surface area contributed by atoms with Gasteiger partial charge in [0, 0.05) is 54.8 Å². The van der Waals surface area contributed by atoms with Crippen LogP contribution >= 0.6 is 0 Å². The molecule has 0 bridgehead atoms. The third kappa shape index (κ3) is 5.23. The van der Waals surface area contributed by atoms with Crippen LogP contribution in [0.15, 0.2) is 59.7 Å². The lowest BCUT2D eigenvalue weighted by Crippen LogP contribution is -2.40. The number of methoxy groups -OCH3 is 1. The van der Waals surface area contributed by atoms with Gasteiger partial charge in [-0.15, -0.1) is 0 Å². The maximum Gasteiger partial charge on any atom is 0.407 e. The van der Waals surface area contributed by atoms with Crippen molar-refractivity contribution in [3.05, 3.63) is 70.9 Å². The van der Waals surface area contributed by atoms with E-state index in [2.05, 4.69) is 47.4 Å².